The van der Waals surface area contributed by atoms with E-state index in [1.807, 2.05) is 44.4 Å². The van der Waals surface area contributed by atoms with Gasteiger partial charge in [-0.1, -0.05) is 48.5 Å². The van der Waals surface area contributed by atoms with Gasteiger partial charge in [-0.3, -0.25) is 0 Å². The second-order valence-electron chi connectivity index (χ2n) is 8.20. The maximum Gasteiger partial charge on any atom is 0.150 e. The number of ether oxygens (including phenoxy) is 3. The number of hydrogen-bond donors (Lipinski definition) is 0. The summed E-state index contributed by atoms with van der Waals surface area (Å²) in [5, 5.41) is 0. The van der Waals surface area contributed by atoms with Crippen molar-refractivity contribution in [1.82, 2.24) is 4.90 Å². The maximum absolute atomic E-state index is 6.59. The molecule has 1 unspecified atom stereocenters. The summed E-state index contributed by atoms with van der Waals surface area (Å²) in [6, 6.07) is 24.9. The zero-order valence-corrected chi connectivity index (χ0v) is 18.0. The zero-order valence-electron chi connectivity index (χ0n) is 18.0. The van der Waals surface area contributed by atoms with E-state index in [2.05, 4.69) is 47.4 Å². The van der Waals surface area contributed by atoms with Gasteiger partial charge < -0.3 is 19.1 Å². The summed E-state index contributed by atoms with van der Waals surface area (Å²) < 4.78 is 18.6. The Balaban J connectivity index is 1.55. The van der Waals surface area contributed by atoms with E-state index < -0.39 is 0 Å². The standard InChI is InChI=1S/C27H27NO3/c1-28(2)16-18-29-20-13-11-19(12-14-20)27-26-22(21-7-3-6-10-25(21)31-27)15-17-30-24-9-5-4-8-23(24)26/h3-14,27H,15-18H2,1-2H3. The number of hydrogen-bond acceptors (Lipinski definition) is 4. The highest BCUT2D eigenvalue weighted by atomic mass is 16.5. The largest absolute Gasteiger partial charge is 0.493 e. The highest BCUT2D eigenvalue weighted by Gasteiger charge is 2.33. The minimum Gasteiger partial charge on any atom is -0.493 e. The first kappa shape index (κ1) is 19.7. The first-order chi connectivity index (χ1) is 15.2. The van der Waals surface area contributed by atoms with Crippen LogP contribution in [0, 0.1) is 0 Å². The van der Waals surface area contributed by atoms with Gasteiger partial charge in [0.2, 0.25) is 0 Å². The number of nitrogens with zero attached hydrogens (tertiary/aromatic N) is 1. The molecule has 2 heterocycles. The molecule has 5 rings (SSSR count). The van der Waals surface area contributed by atoms with Crippen LogP contribution in [0.3, 0.4) is 0 Å². The lowest BCUT2D eigenvalue weighted by atomic mass is 9.84. The Morgan fingerprint density at radius 1 is 0.871 bits per heavy atom. The molecular weight excluding hydrogens is 386 g/mol. The van der Waals surface area contributed by atoms with Gasteiger partial charge in [-0.25, -0.2) is 0 Å². The van der Waals surface area contributed by atoms with Crippen molar-refractivity contribution in [2.45, 2.75) is 12.5 Å². The lowest BCUT2D eigenvalue weighted by Gasteiger charge is -2.31. The van der Waals surface area contributed by atoms with Gasteiger partial charge in [0.25, 0.3) is 0 Å². The van der Waals surface area contributed by atoms with E-state index in [4.69, 9.17) is 14.2 Å². The second-order valence-corrected chi connectivity index (χ2v) is 8.20. The third kappa shape index (κ3) is 3.91. The predicted molar refractivity (Wildman–Crippen MR) is 124 cm³/mol. The molecule has 3 aromatic carbocycles. The Morgan fingerprint density at radius 2 is 1.58 bits per heavy atom. The molecule has 0 aliphatic carbocycles. The van der Waals surface area contributed by atoms with Gasteiger partial charge in [0, 0.05) is 29.7 Å². The Bertz CT molecular complexity index is 1100. The van der Waals surface area contributed by atoms with E-state index >= 15 is 0 Å². The predicted octanol–water partition coefficient (Wildman–Crippen LogP) is 5.45. The summed E-state index contributed by atoms with van der Waals surface area (Å²) >= 11 is 0. The monoisotopic (exact) mass is 413 g/mol. The fourth-order valence-corrected chi connectivity index (χ4v) is 4.28. The highest BCUT2D eigenvalue weighted by Crippen LogP contribution is 2.50. The number of likely N-dealkylation sites (N-methyl/N-ethyl adjacent to an activating group) is 1. The summed E-state index contributed by atoms with van der Waals surface area (Å²) in [6.07, 6.45) is 0.663. The minimum absolute atomic E-state index is 0.191. The van der Waals surface area contributed by atoms with Crippen LogP contribution in [0.1, 0.15) is 29.2 Å². The van der Waals surface area contributed by atoms with Crippen LogP contribution >= 0.6 is 0 Å². The van der Waals surface area contributed by atoms with E-state index in [0.29, 0.717) is 13.2 Å². The van der Waals surface area contributed by atoms with Crippen molar-refractivity contribution >= 4 is 11.1 Å². The number of fused-ring (bicyclic) bond motifs is 4. The molecule has 2 aliphatic heterocycles. The van der Waals surface area contributed by atoms with E-state index in [1.165, 1.54) is 11.1 Å². The van der Waals surface area contributed by atoms with Crippen LogP contribution in [0.5, 0.6) is 17.2 Å². The van der Waals surface area contributed by atoms with Crippen LogP contribution in [0.15, 0.2) is 72.8 Å². The maximum atomic E-state index is 6.59. The molecule has 158 valence electrons. The van der Waals surface area contributed by atoms with Gasteiger partial charge in [0.15, 0.2) is 0 Å². The van der Waals surface area contributed by atoms with E-state index in [9.17, 15) is 0 Å². The van der Waals surface area contributed by atoms with E-state index in [-0.39, 0.29) is 6.10 Å². The molecule has 0 spiro atoms. The van der Waals surface area contributed by atoms with Gasteiger partial charge in [0.05, 0.1) is 6.61 Å². The first-order valence-corrected chi connectivity index (χ1v) is 10.8. The van der Waals surface area contributed by atoms with Gasteiger partial charge in [-0.05, 0) is 49.5 Å². The Labute approximate surface area is 183 Å². The summed E-state index contributed by atoms with van der Waals surface area (Å²) in [6.45, 7) is 2.21. The quantitative estimate of drug-likeness (QED) is 0.556. The average Bonchev–Trinajstić information content (AvgIpc) is 2.99. The molecule has 2 aliphatic rings. The molecule has 4 nitrogen and oxygen atoms in total. The SMILES string of the molecule is CN(C)CCOc1ccc(C2Oc3ccccc3C3=C2c2ccccc2OCC3)cc1. The third-order valence-corrected chi connectivity index (χ3v) is 5.82. The Kier molecular flexibility index (Phi) is 5.39. The van der Waals surface area contributed by atoms with Gasteiger partial charge in [-0.2, -0.15) is 0 Å². The van der Waals surface area contributed by atoms with Crippen molar-refractivity contribution in [2.24, 2.45) is 0 Å². The number of rotatable bonds is 5. The van der Waals surface area contributed by atoms with Crippen LogP contribution in [0.2, 0.25) is 0 Å². The van der Waals surface area contributed by atoms with Crippen molar-refractivity contribution < 1.29 is 14.2 Å². The molecule has 0 aromatic heterocycles. The van der Waals surface area contributed by atoms with Crippen LogP contribution in [0.4, 0.5) is 0 Å². The Morgan fingerprint density at radius 3 is 2.35 bits per heavy atom. The molecular formula is C27H27NO3. The third-order valence-electron chi connectivity index (χ3n) is 5.82. The lowest BCUT2D eigenvalue weighted by Crippen LogP contribution is -2.19. The van der Waals surface area contributed by atoms with E-state index in [1.54, 1.807) is 0 Å². The second kappa shape index (κ2) is 8.48. The molecule has 0 saturated carbocycles. The fraction of sp³-hybridized carbons (Fsp3) is 0.259. The Hall–Kier alpha value is -3.24. The molecule has 31 heavy (non-hydrogen) atoms. The summed E-state index contributed by atoms with van der Waals surface area (Å²) in [5.74, 6) is 2.72. The topological polar surface area (TPSA) is 30.9 Å². The molecule has 3 aromatic rings. The average molecular weight is 414 g/mol. The normalized spacial score (nSPS) is 17.1. The molecule has 0 amide bonds. The summed E-state index contributed by atoms with van der Waals surface area (Å²) in [5.41, 5.74) is 5.90. The van der Waals surface area contributed by atoms with Crippen molar-refractivity contribution in [3.05, 3.63) is 89.5 Å². The molecule has 0 radical (unpaired) electrons. The molecule has 1 atom stereocenters. The summed E-state index contributed by atoms with van der Waals surface area (Å²) in [4.78, 5) is 2.11. The highest BCUT2D eigenvalue weighted by molar-refractivity contribution is 5.98. The minimum atomic E-state index is -0.191. The first-order valence-electron chi connectivity index (χ1n) is 10.8. The number of para-hydroxylation sites is 2. The van der Waals surface area contributed by atoms with Gasteiger partial charge in [-0.15, -0.1) is 0 Å². The summed E-state index contributed by atoms with van der Waals surface area (Å²) in [7, 11) is 4.09. The van der Waals surface area contributed by atoms with Crippen LogP contribution in [-0.2, 0) is 0 Å². The van der Waals surface area contributed by atoms with Crippen molar-refractivity contribution in [1.29, 1.82) is 0 Å². The zero-order chi connectivity index (χ0) is 21.2. The van der Waals surface area contributed by atoms with Crippen molar-refractivity contribution in [2.75, 3.05) is 33.9 Å². The molecule has 0 bridgehead atoms. The smallest absolute Gasteiger partial charge is 0.150 e. The molecule has 4 heteroatoms. The van der Waals surface area contributed by atoms with Crippen molar-refractivity contribution in [3.8, 4) is 17.2 Å². The van der Waals surface area contributed by atoms with Gasteiger partial charge >= 0.3 is 0 Å². The van der Waals surface area contributed by atoms with Crippen LogP contribution in [0.25, 0.3) is 11.1 Å². The fourth-order valence-electron chi connectivity index (χ4n) is 4.28. The molecule has 0 saturated heterocycles. The van der Waals surface area contributed by atoms with Gasteiger partial charge in [0.1, 0.15) is 30.0 Å². The van der Waals surface area contributed by atoms with Crippen molar-refractivity contribution in [3.63, 3.8) is 0 Å². The molecule has 0 N–H and O–H groups in total. The number of benzene rings is 3. The van der Waals surface area contributed by atoms with E-state index in [0.717, 1.165) is 46.9 Å². The van der Waals surface area contributed by atoms with Crippen LogP contribution in [-0.4, -0.2) is 38.8 Å². The lowest BCUT2D eigenvalue weighted by molar-refractivity contribution is 0.256. The van der Waals surface area contributed by atoms with Crippen LogP contribution < -0.4 is 14.2 Å². The molecule has 0 fully saturated rings.